The molecule has 0 aromatic rings. The predicted octanol–water partition coefficient (Wildman–Crippen LogP) is 2.59. The van der Waals surface area contributed by atoms with Gasteiger partial charge in [-0.3, -0.25) is 0 Å². The Labute approximate surface area is 75.2 Å². The fourth-order valence-corrected chi connectivity index (χ4v) is 1.29. The molecule has 1 unspecified atom stereocenters. The van der Waals surface area contributed by atoms with E-state index in [1.807, 2.05) is 0 Å². The van der Waals surface area contributed by atoms with Crippen LogP contribution in [0.5, 0.6) is 0 Å². The summed E-state index contributed by atoms with van der Waals surface area (Å²) in [6, 6.07) is 0.560. The minimum absolute atomic E-state index is 0. The van der Waals surface area contributed by atoms with Gasteiger partial charge in [0.05, 0.1) is 0 Å². The Balaban J connectivity index is 0.000001000. The van der Waals surface area contributed by atoms with Gasteiger partial charge in [0.2, 0.25) is 0 Å². The van der Waals surface area contributed by atoms with Crippen LogP contribution in [0.25, 0.3) is 0 Å². The summed E-state index contributed by atoms with van der Waals surface area (Å²) < 4.78 is 0. The van der Waals surface area contributed by atoms with Crippen molar-refractivity contribution in [2.45, 2.75) is 26.8 Å². The van der Waals surface area contributed by atoms with Gasteiger partial charge in [-0.2, -0.15) is 0 Å². The van der Waals surface area contributed by atoms with Crippen LogP contribution in [0.2, 0.25) is 0 Å². The van der Waals surface area contributed by atoms with Crippen LogP contribution in [0.3, 0.4) is 0 Å². The van der Waals surface area contributed by atoms with Crippen molar-refractivity contribution in [3.63, 3.8) is 0 Å². The highest BCUT2D eigenvalue weighted by Crippen LogP contribution is 2.16. The van der Waals surface area contributed by atoms with Crippen LogP contribution in [-0.2, 0) is 0 Å². The summed E-state index contributed by atoms with van der Waals surface area (Å²) in [7, 11) is 2.12. The highest BCUT2D eigenvalue weighted by Gasteiger charge is 2.10. The molecule has 64 valence electrons. The fourth-order valence-electron chi connectivity index (χ4n) is 1.29. The molecule has 0 amide bonds. The van der Waals surface area contributed by atoms with E-state index in [-0.39, 0.29) is 12.4 Å². The van der Waals surface area contributed by atoms with Crippen molar-refractivity contribution in [1.82, 2.24) is 4.90 Å². The molecule has 0 N–H and O–H groups in total. The number of rotatable bonds is 0. The van der Waals surface area contributed by atoms with Crippen LogP contribution in [0.15, 0.2) is 23.4 Å². The summed E-state index contributed by atoms with van der Waals surface area (Å²) in [6.07, 6.45) is 4.48. The number of likely N-dealkylation sites (N-methyl/N-ethyl adjacent to an activating group) is 1. The molecule has 1 nitrogen and oxygen atoms in total. The Morgan fingerprint density at radius 2 is 1.91 bits per heavy atom. The molecular formula is C9H16ClN. The minimum Gasteiger partial charge on any atom is -0.372 e. The van der Waals surface area contributed by atoms with Gasteiger partial charge >= 0.3 is 0 Å². The van der Waals surface area contributed by atoms with Gasteiger partial charge in [0.25, 0.3) is 0 Å². The van der Waals surface area contributed by atoms with Crippen molar-refractivity contribution < 1.29 is 0 Å². The molecule has 0 spiro atoms. The van der Waals surface area contributed by atoms with Crippen molar-refractivity contribution >= 4 is 12.4 Å². The minimum atomic E-state index is 0. The summed E-state index contributed by atoms with van der Waals surface area (Å²) in [5.41, 5.74) is 2.73. The quantitative estimate of drug-likeness (QED) is 0.545. The van der Waals surface area contributed by atoms with Crippen molar-refractivity contribution in [2.75, 3.05) is 7.05 Å². The summed E-state index contributed by atoms with van der Waals surface area (Å²) in [5.74, 6) is 0. The standard InChI is InChI=1S/C9H15N.ClH/c1-7-5-8(2)10(4)9(3)6-7;/h5-6,8H,1-4H3;1H. The first-order valence-corrected chi connectivity index (χ1v) is 3.71. The smallest absolute Gasteiger partial charge is 0.0444 e. The van der Waals surface area contributed by atoms with Gasteiger partial charge < -0.3 is 4.90 Å². The van der Waals surface area contributed by atoms with Crippen molar-refractivity contribution in [2.24, 2.45) is 0 Å². The highest BCUT2D eigenvalue weighted by atomic mass is 35.5. The maximum absolute atomic E-state index is 2.27. The lowest BCUT2D eigenvalue weighted by Crippen LogP contribution is -2.27. The third-order valence-electron chi connectivity index (χ3n) is 2.11. The van der Waals surface area contributed by atoms with Crippen LogP contribution < -0.4 is 0 Å². The molecular weight excluding hydrogens is 158 g/mol. The first kappa shape index (κ1) is 10.6. The van der Waals surface area contributed by atoms with E-state index in [0.29, 0.717) is 6.04 Å². The van der Waals surface area contributed by atoms with Crippen LogP contribution in [0.1, 0.15) is 20.8 Å². The van der Waals surface area contributed by atoms with Crippen molar-refractivity contribution in [3.05, 3.63) is 23.4 Å². The zero-order valence-electron chi connectivity index (χ0n) is 7.59. The van der Waals surface area contributed by atoms with Crippen molar-refractivity contribution in [1.29, 1.82) is 0 Å². The summed E-state index contributed by atoms with van der Waals surface area (Å²) in [4.78, 5) is 2.27. The molecule has 0 bridgehead atoms. The molecule has 0 radical (unpaired) electrons. The molecule has 11 heavy (non-hydrogen) atoms. The maximum atomic E-state index is 2.27. The number of hydrogen-bond donors (Lipinski definition) is 0. The first-order valence-electron chi connectivity index (χ1n) is 3.71. The number of halogens is 1. The second-order valence-corrected chi connectivity index (χ2v) is 3.05. The summed E-state index contributed by atoms with van der Waals surface area (Å²) in [5, 5.41) is 0. The van der Waals surface area contributed by atoms with Gasteiger partial charge in [0.15, 0.2) is 0 Å². The highest BCUT2D eigenvalue weighted by molar-refractivity contribution is 5.85. The SMILES string of the molecule is CC1=CC(C)N(C)C(C)=C1.Cl. The monoisotopic (exact) mass is 173 g/mol. The lowest BCUT2D eigenvalue weighted by Gasteiger charge is -2.29. The Morgan fingerprint density at radius 1 is 1.36 bits per heavy atom. The van der Waals surface area contributed by atoms with Gasteiger partial charge in [0, 0.05) is 18.8 Å². The molecule has 1 heterocycles. The van der Waals surface area contributed by atoms with E-state index >= 15 is 0 Å². The fraction of sp³-hybridized carbons (Fsp3) is 0.556. The molecule has 0 saturated heterocycles. The van der Waals surface area contributed by atoms with E-state index in [9.17, 15) is 0 Å². The third kappa shape index (κ3) is 2.26. The van der Waals surface area contributed by atoms with Gasteiger partial charge in [-0.05, 0) is 26.8 Å². The average Bonchev–Trinajstić information content (AvgIpc) is 1.82. The number of allylic oxidation sites excluding steroid dienone is 3. The number of nitrogens with zero attached hydrogens (tertiary/aromatic N) is 1. The number of hydrogen-bond acceptors (Lipinski definition) is 1. The molecule has 1 atom stereocenters. The normalized spacial score (nSPS) is 23.6. The third-order valence-corrected chi connectivity index (χ3v) is 2.11. The van der Waals surface area contributed by atoms with Crippen LogP contribution >= 0.6 is 12.4 Å². The van der Waals surface area contributed by atoms with E-state index in [2.05, 4.69) is 44.9 Å². The van der Waals surface area contributed by atoms with Crippen LogP contribution in [0.4, 0.5) is 0 Å². The van der Waals surface area contributed by atoms with E-state index < -0.39 is 0 Å². The van der Waals surface area contributed by atoms with Crippen LogP contribution in [-0.4, -0.2) is 18.0 Å². The lowest BCUT2D eigenvalue weighted by atomic mass is 10.1. The molecule has 1 rings (SSSR count). The molecule has 1 aliphatic rings. The zero-order valence-corrected chi connectivity index (χ0v) is 8.40. The van der Waals surface area contributed by atoms with Gasteiger partial charge in [-0.25, -0.2) is 0 Å². The second-order valence-electron chi connectivity index (χ2n) is 3.05. The summed E-state index contributed by atoms with van der Waals surface area (Å²) >= 11 is 0. The van der Waals surface area contributed by atoms with E-state index in [1.165, 1.54) is 11.3 Å². The molecule has 1 aliphatic heterocycles. The zero-order chi connectivity index (χ0) is 7.72. The molecule has 0 fully saturated rings. The van der Waals surface area contributed by atoms with Gasteiger partial charge in [0.1, 0.15) is 0 Å². The lowest BCUT2D eigenvalue weighted by molar-refractivity contribution is 0.367. The first-order chi connectivity index (χ1) is 4.61. The Kier molecular flexibility index (Phi) is 3.67. The van der Waals surface area contributed by atoms with E-state index in [4.69, 9.17) is 0 Å². The molecule has 0 saturated carbocycles. The van der Waals surface area contributed by atoms with Gasteiger partial charge in [-0.15, -0.1) is 12.4 Å². The van der Waals surface area contributed by atoms with Crippen LogP contribution in [0, 0.1) is 0 Å². The molecule has 0 aromatic carbocycles. The molecule has 0 aliphatic carbocycles. The molecule has 2 heteroatoms. The summed E-state index contributed by atoms with van der Waals surface area (Å²) in [6.45, 7) is 6.50. The van der Waals surface area contributed by atoms with E-state index in [1.54, 1.807) is 0 Å². The Bertz CT molecular complexity index is 194. The van der Waals surface area contributed by atoms with Crippen molar-refractivity contribution in [3.8, 4) is 0 Å². The Hall–Kier alpha value is -0.430. The second kappa shape index (κ2) is 3.82. The maximum Gasteiger partial charge on any atom is 0.0444 e. The Morgan fingerprint density at radius 3 is 2.36 bits per heavy atom. The largest absolute Gasteiger partial charge is 0.372 e. The predicted molar refractivity (Wildman–Crippen MR) is 52.0 cm³/mol. The molecule has 0 aromatic heterocycles. The average molecular weight is 174 g/mol. The van der Waals surface area contributed by atoms with E-state index in [0.717, 1.165) is 0 Å². The van der Waals surface area contributed by atoms with Gasteiger partial charge in [-0.1, -0.05) is 11.6 Å². The topological polar surface area (TPSA) is 3.24 Å².